The van der Waals surface area contributed by atoms with Gasteiger partial charge in [0, 0.05) is 18.6 Å². The first-order chi connectivity index (χ1) is 6.99. The predicted octanol–water partition coefficient (Wildman–Crippen LogP) is 0.0415. The van der Waals surface area contributed by atoms with Crippen molar-refractivity contribution < 1.29 is 8.42 Å². The summed E-state index contributed by atoms with van der Waals surface area (Å²) in [5.41, 5.74) is 5.76. The Morgan fingerprint density at radius 3 is 2.80 bits per heavy atom. The third kappa shape index (κ3) is 2.91. The summed E-state index contributed by atoms with van der Waals surface area (Å²) >= 11 is 0. The molecule has 0 spiro atoms. The second-order valence-electron chi connectivity index (χ2n) is 3.95. The smallest absolute Gasteiger partial charge is 0.227 e. The lowest BCUT2D eigenvalue weighted by molar-refractivity contribution is 0.228. The van der Waals surface area contributed by atoms with Crippen LogP contribution in [-0.2, 0) is 10.0 Å². The Bertz CT molecular complexity index is 345. The van der Waals surface area contributed by atoms with Gasteiger partial charge in [0.1, 0.15) is 0 Å². The zero-order valence-electron chi connectivity index (χ0n) is 8.89. The maximum atomic E-state index is 11.7. The van der Waals surface area contributed by atoms with Gasteiger partial charge in [-0.3, -0.25) is 0 Å². The Hall–Kier alpha value is -0.640. The molecule has 2 atom stereocenters. The highest BCUT2D eigenvalue weighted by Gasteiger charge is 2.33. The molecule has 1 aliphatic rings. The molecule has 0 saturated carbocycles. The van der Waals surface area contributed by atoms with Crippen molar-refractivity contribution in [1.29, 1.82) is 5.26 Å². The first kappa shape index (κ1) is 12.4. The van der Waals surface area contributed by atoms with E-state index in [4.69, 9.17) is 11.0 Å². The van der Waals surface area contributed by atoms with Crippen molar-refractivity contribution in [3.63, 3.8) is 0 Å². The molecular weight excluding hydrogens is 214 g/mol. The zero-order chi connectivity index (χ0) is 11.5. The fourth-order valence-corrected chi connectivity index (χ4v) is 3.41. The normalized spacial score (nSPS) is 25.8. The molecule has 5 nitrogen and oxygen atoms in total. The van der Waals surface area contributed by atoms with Gasteiger partial charge in [0.25, 0.3) is 0 Å². The summed E-state index contributed by atoms with van der Waals surface area (Å²) in [4.78, 5) is 0. The number of piperidine rings is 1. The van der Waals surface area contributed by atoms with E-state index in [0.717, 1.165) is 19.3 Å². The summed E-state index contributed by atoms with van der Waals surface area (Å²) in [6, 6.07) is 1.37. The summed E-state index contributed by atoms with van der Waals surface area (Å²) in [5.74, 6) is -0.448. The molecule has 1 saturated heterocycles. The molecule has 1 rings (SSSR count). The highest BCUT2D eigenvalue weighted by atomic mass is 32.2. The van der Waals surface area contributed by atoms with Crippen molar-refractivity contribution in [2.75, 3.05) is 12.3 Å². The molecule has 1 fully saturated rings. The van der Waals surface area contributed by atoms with Crippen LogP contribution < -0.4 is 5.73 Å². The Balaban J connectivity index is 2.86. The molecule has 0 bridgehead atoms. The number of hydrogen-bond acceptors (Lipinski definition) is 4. The fourth-order valence-electron chi connectivity index (χ4n) is 1.97. The first-order valence-corrected chi connectivity index (χ1v) is 6.72. The third-order valence-electron chi connectivity index (χ3n) is 2.71. The van der Waals surface area contributed by atoms with E-state index < -0.39 is 15.8 Å². The van der Waals surface area contributed by atoms with E-state index in [1.807, 2.05) is 6.92 Å². The predicted molar refractivity (Wildman–Crippen MR) is 57.4 cm³/mol. The number of sulfonamides is 1. The summed E-state index contributed by atoms with van der Waals surface area (Å²) in [6.45, 7) is 2.31. The molecular formula is C9H17N3O2S. The molecule has 0 aromatic rings. The Kier molecular flexibility index (Phi) is 4.08. The quantitative estimate of drug-likeness (QED) is 0.743. The molecule has 86 valence electrons. The summed E-state index contributed by atoms with van der Waals surface area (Å²) in [7, 11) is -3.44. The van der Waals surface area contributed by atoms with Crippen molar-refractivity contribution in [3.05, 3.63) is 0 Å². The van der Waals surface area contributed by atoms with E-state index in [1.165, 1.54) is 4.31 Å². The van der Waals surface area contributed by atoms with Crippen LogP contribution in [0.1, 0.15) is 26.2 Å². The lowest BCUT2D eigenvalue weighted by atomic mass is 10.00. The van der Waals surface area contributed by atoms with Crippen molar-refractivity contribution in [1.82, 2.24) is 4.31 Å². The highest BCUT2D eigenvalue weighted by Crippen LogP contribution is 2.22. The molecule has 0 aromatic carbocycles. The SMILES string of the molecule is CC(N)C1CCCCN1S(=O)(=O)CC#N. The van der Waals surface area contributed by atoms with Crippen LogP contribution in [0.15, 0.2) is 0 Å². The zero-order valence-corrected chi connectivity index (χ0v) is 9.70. The van der Waals surface area contributed by atoms with Crippen LogP contribution in [0.3, 0.4) is 0 Å². The number of nitriles is 1. The van der Waals surface area contributed by atoms with Gasteiger partial charge in [-0.15, -0.1) is 0 Å². The van der Waals surface area contributed by atoms with Crippen LogP contribution in [0.5, 0.6) is 0 Å². The lowest BCUT2D eigenvalue weighted by Gasteiger charge is -2.36. The summed E-state index contributed by atoms with van der Waals surface area (Å²) in [6.07, 6.45) is 2.65. The van der Waals surface area contributed by atoms with Gasteiger partial charge in [0.15, 0.2) is 5.75 Å². The fraction of sp³-hybridized carbons (Fsp3) is 0.889. The average Bonchev–Trinajstić information content (AvgIpc) is 2.17. The first-order valence-electron chi connectivity index (χ1n) is 5.11. The van der Waals surface area contributed by atoms with Crippen LogP contribution in [0.25, 0.3) is 0 Å². The van der Waals surface area contributed by atoms with Gasteiger partial charge in [-0.2, -0.15) is 9.57 Å². The van der Waals surface area contributed by atoms with E-state index in [1.54, 1.807) is 6.07 Å². The molecule has 0 aromatic heterocycles. The Morgan fingerprint density at radius 2 is 2.27 bits per heavy atom. The van der Waals surface area contributed by atoms with E-state index in [0.29, 0.717) is 6.54 Å². The lowest BCUT2D eigenvalue weighted by Crippen LogP contribution is -2.52. The van der Waals surface area contributed by atoms with E-state index in [2.05, 4.69) is 0 Å². The second kappa shape index (κ2) is 4.92. The minimum Gasteiger partial charge on any atom is -0.326 e. The molecule has 15 heavy (non-hydrogen) atoms. The van der Waals surface area contributed by atoms with Crippen LogP contribution >= 0.6 is 0 Å². The van der Waals surface area contributed by atoms with Crippen molar-refractivity contribution >= 4 is 10.0 Å². The maximum absolute atomic E-state index is 11.7. The number of nitrogens with two attached hydrogens (primary N) is 1. The van der Waals surface area contributed by atoms with Crippen molar-refractivity contribution in [3.8, 4) is 6.07 Å². The van der Waals surface area contributed by atoms with E-state index in [-0.39, 0.29) is 12.1 Å². The molecule has 1 heterocycles. The average molecular weight is 231 g/mol. The monoisotopic (exact) mass is 231 g/mol. The number of rotatable bonds is 3. The number of hydrogen-bond donors (Lipinski definition) is 1. The highest BCUT2D eigenvalue weighted by molar-refractivity contribution is 7.89. The van der Waals surface area contributed by atoms with E-state index >= 15 is 0 Å². The Morgan fingerprint density at radius 1 is 1.60 bits per heavy atom. The van der Waals surface area contributed by atoms with Gasteiger partial charge < -0.3 is 5.73 Å². The van der Waals surface area contributed by atoms with Crippen molar-refractivity contribution in [2.45, 2.75) is 38.3 Å². The van der Waals surface area contributed by atoms with Crippen LogP contribution in [-0.4, -0.2) is 37.1 Å². The molecule has 0 amide bonds. The molecule has 2 N–H and O–H groups in total. The van der Waals surface area contributed by atoms with Gasteiger partial charge in [0.05, 0.1) is 6.07 Å². The van der Waals surface area contributed by atoms with Gasteiger partial charge in [0.2, 0.25) is 10.0 Å². The standard InChI is InChI=1S/C9H17N3O2S/c1-8(11)9-4-2-3-6-12(9)15(13,14)7-5-10/h8-9H,2-4,6-7,11H2,1H3. The molecule has 2 unspecified atom stereocenters. The van der Waals surface area contributed by atoms with Crippen LogP contribution in [0.2, 0.25) is 0 Å². The summed E-state index contributed by atoms with van der Waals surface area (Å²) in [5, 5.41) is 8.47. The minimum absolute atomic E-state index is 0.142. The van der Waals surface area contributed by atoms with Gasteiger partial charge >= 0.3 is 0 Å². The van der Waals surface area contributed by atoms with Crippen LogP contribution in [0.4, 0.5) is 0 Å². The van der Waals surface area contributed by atoms with Gasteiger partial charge in [-0.05, 0) is 19.8 Å². The number of nitrogens with zero attached hydrogens (tertiary/aromatic N) is 2. The Labute approximate surface area is 90.9 Å². The minimum atomic E-state index is -3.44. The molecule has 6 heteroatoms. The second-order valence-corrected chi connectivity index (χ2v) is 5.87. The maximum Gasteiger partial charge on any atom is 0.227 e. The van der Waals surface area contributed by atoms with E-state index in [9.17, 15) is 8.42 Å². The molecule has 1 aliphatic heterocycles. The summed E-state index contributed by atoms with van der Waals surface area (Å²) < 4.78 is 24.9. The van der Waals surface area contributed by atoms with Gasteiger partial charge in [-0.25, -0.2) is 8.42 Å². The van der Waals surface area contributed by atoms with Gasteiger partial charge in [-0.1, -0.05) is 6.42 Å². The molecule has 0 aliphatic carbocycles. The third-order valence-corrected chi connectivity index (χ3v) is 4.37. The topological polar surface area (TPSA) is 87.2 Å². The van der Waals surface area contributed by atoms with Crippen LogP contribution in [0, 0.1) is 11.3 Å². The largest absolute Gasteiger partial charge is 0.326 e. The van der Waals surface area contributed by atoms with Crippen molar-refractivity contribution in [2.24, 2.45) is 5.73 Å². The molecule has 0 radical (unpaired) electrons.